The minimum absolute atomic E-state index is 0.281. The lowest BCUT2D eigenvalue weighted by Gasteiger charge is -2.15. The first-order chi connectivity index (χ1) is 12.9. The molecule has 0 unspecified atom stereocenters. The Morgan fingerprint density at radius 2 is 1.70 bits per heavy atom. The number of carbonyl (C=O) groups is 2. The maximum Gasteiger partial charge on any atom is 0.339 e. The zero-order valence-electron chi connectivity index (χ0n) is 16.0. The van der Waals surface area contributed by atoms with E-state index >= 15 is 0 Å². The summed E-state index contributed by atoms with van der Waals surface area (Å²) in [5.74, 6) is 0.338. The second-order valence-corrected chi connectivity index (χ2v) is 6.47. The van der Waals surface area contributed by atoms with Crippen molar-refractivity contribution < 1.29 is 23.8 Å². The molecule has 2 aromatic rings. The lowest BCUT2D eigenvalue weighted by molar-refractivity contribution is -0.123. The molecule has 27 heavy (non-hydrogen) atoms. The molecule has 1 atom stereocenters. The summed E-state index contributed by atoms with van der Waals surface area (Å²) in [6.07, 6.45) is -0.944. The van der Waals surface area contributed by atoms with E-state index in [1.165, 1.54) is 14.0 Å². The first-order valence-electron chi connectivity index (χ1n) is 8.78. The molecule has 0 bridgehead atoms. The Hall–Kier alpha value is -3.02. The van der Waals surface area contributed by atoms with Crippen molar-refractivity contribution in [3.8, 4) is 11.5 Å². The number of ether oxygens (including phenoxy) is 3. The first kappa shape index (κ1) is 20.3. The summed E-state index contributed by atoms with van der Waals surface area (Å²) < 4.78 is 16.2. The second-order valence-electron chi connectivity index (χ2n) is 6.47. The normalized spacial score (nSPS) is 11.6. The van der Waals surface area contributed by atoms with E-state index in [1.807, 2.05) is 32.0 Å². The van der Waals surface area contributed by atoms with E-state index in [-0.39, 0.29) is 5.56 Å². The Morgan fingerprint density at radius 1 is 1.00 bits per heavy atom. The summed E-state index contributed by atoms with van der Waals surface area (Å²) in [5.41, 5.74) is 0.918. The van der Waals surface area contributed by atoms with Gasteiger partial charge in [-0.15, -0.1) is 0 Å². The zero-order chi connectivity index (χ0) is 19.8. The van der Waals surface area contributed by atoms with Crippen molar-refractivity contribution in [2.45, 2.75) is 26.9 Å². The van der Waals surface area contributed by atoms with Crippen molar-refractivity contribution >= 4 is 17.6 Å². The first-order valence-corrected chi connectivity index (χ1v) is 8.78. The predicted molar refractivity (Wildman–Crippen MR) is 103 cm³/mol. The van der Waals surface area contributed by atoms with Crippen LogP contribution in [0.1, 0.15) is 31.1 Å². The van der Waals surface area contributed by atoms with Crippen molar-refractivity contribution in [3.63, 3.8) is 0 Å². The number of amides is 1. The average Bonchev–Trinajstić information content (AvgIpc) is 2.66. The maximum absolute atomic E-state index is 12.4. The summed E-state index contributed by atoms with van der Waals surface area (Å²) in [4.78, 5) is 24.5. The monoisotopic (exact) mass is 371 g/mol. The van der Waals surface area contributed by atoms with Gasteiger partial charge in [0, 0.05) is 5.69 Å². The number of nitrogens with one attached hydrogen (secondary N) is 1. The molecule has 144 valence electrons. The maximum atomic E-state index is 12.4. The Bertz CT molecular complexity index is 773. The molecule has 0 saturated carbocycles. The molecule has 1 amide bonds. The topological polar surface area (TPSA) is 73.9 Å². The van der Waals surface area contributed by atoms with E-state index in [9.17, 15) is 9.59 Å². The van der Waals surface area contributed by atoms with Crippen LogP contribution in [0, 0.1) is 5.92 Å². The van der Waals surface area contributed by atoms with Gasteiger partial charge in [-0.3, -0.25) is 4.79 Å². The molecule has 0 radical (unpaired) electrons. The Kier molecular flexibility index (Phi) is 7.23. The minimum Gasteiger partial charge on any atom is -0.493 e. The highest BCUT2D eigenvalue weighted by Gasteiger charge is 2.20. The Labute approximate surface area is 159 Å². The van der Waals surface area contributed by atoms with Crippen LogP contribution in [0.15, 0.2) is 48.5 Å². The number of hydrogen-bond acceptors (Lipinski definition) is 5. The third-order valence-corrected chi connectivity index (χ3v) is 3.67. The molecule has 0 heterocycles. The fourth-order valence-electron chi connectivity index (χ4n) is 2.22. The van der Waals surface area contributed by atoms with Gasteiger partial charge in [-0.1, -0.05) is 32.0 Å². The molecule has 0 aliphatic carbocycles. The van der Waals surface area contributed by atoms with Crippen LogP contribution >= 0.6 is 0 Å². The van der Waals surface area contributed by atoms with Crippen LogP contribution < -0.4 is 14.8 Å². The minimum atomic E-state index is -0.944. The molecule has 2 rings (SSSR count). The Morgan fingerprint density at radius 3 is 2.33 bits per heavy atom. The number of anilines is 1. The molecule has 6 heteroatoms. The van der Waals surface area contributed by atoms with Gasteiger partial charge in [-0.25, -0.2) is 4.79 Å². The smallest absolute Gasteiger partial charge is 0.339 e. The average molecular weight is 371 g/mol. The fraction of sp³-hybridized carbons (Fsp3) is 0.333. The van der Waals surface area contributed by atoms with Crippen molar-refractivity contribution in [2.75, 3.05) is 19.0 Å². The zero-order valence-corrected chi connectivity index (χ0v) is 16.0. The van der Waals surface area contributed by atoms with Crippen molar-refractivity contribution in [3.05, 3.63) is 54.1 Å². The largest absolute Gasteiger partial charge is 0.493 e. The number of carbonyl (C=O) groups excluding carboxylic acids is 2. The molecule has 1 N–H and O–H groups in total. The van der Waals surface area contributed by atoms with E-state index in [1.54, 1.807) is 30.3 Å². The van der Waals surface area contributed by atoms with Gasteiger partial charge >= 0.3 is 5.97 Å². The molecule has 2 aromatic carbocycles. The van der Waals surface area contributed by atoms with Crippen LogP contribution in [-0.2, 0) is 9.53 Å². The van der Waals surface area contributed by atoms with Crippen LogP contribution in [0.4, 0.5) is 5.69 Å². The number of esters is 1. The summed E-state index contributed by atoms with van der Waals surface area (Å²) in [7, 11) is 1.50. The fourth-order valence-corrected chi connectivity index (χ4v) is 2.22. The van der Waals surface area contributed by atoms with Gasteiger partial charge in [0.2, 0.25) is 0 Å². The predicted octanol–water partition coefficient (Wildman–Crippen LogP) is 3.91. The van der Waals surface area contributed by atoms with Gasteiger partial charge in [-0.2, -0.15) is 0 Å². The molecule has 0 spiro atoms. The lowest BCUT2D eigenvalue weighted by Crippen LogP contribution is -2.30. The number of para-hydroxylation sites is 1. The number of benzene rings is 2. The van der Waals surface area contributed by atoms with Gasteiger partial charge in [0.25, 0.3) is 5.91 Å². The van der Waals surface area contributed by atoms with Crippen LogP contribution in [-0.4, -0.2) is 31.7 Å². The summed E-state index contributed by atoms with van der Waals surface area (Å²) in [6, 6.07) is 13.8. The molecule has 6 nitrogen and oxygen atoms in total. The number of hydrogen-bond donors (Lipinski definition) is 1. The lowest BCUT2D eigenvalue weighted by atomic mass is 10.2. The highest BCUT2D eigenvalue weighted by Crippen LogP contribution is 2.29. The van der Waals surface area contributed by atoms with E-state index in [0.29, 0.717) is 29.7 Å². The molecule has 0 saturated heterocycles. The highest BCUT2D eigenvalue weighted by molar-refractivity contribution is 5.97. The van der Waals surface area contributed by atoms with Gasteiger partial charge in [0.05, 0.1) is 19.3 Å². The van der Waals surface area contributed by atoms with E-state index in [4.69, 9.17) is 14.2 Å². The summed E-state index contributed by atoms with van der Waals surface area (Å²) >= 11 is 0. The van der Waals surface area contributed by atoms with Crippen LogP contribution in [0.3, 0.4) is 0 Å². The van der Waals surface area contributed by atoms with Crippen LogP contribution in [0.2, 0.25) is 0 Å². The molecule has 0 aliphatic heterocycles. The van der Waals surface area contributed by atoms with Gasteiger partial charge < -0.3 is 19.5 Å². The van der Waals surface area contributed by atoms with Gasteiger partial charge in [0.1, 0.15) is 0 Å². The molecular weight excluding hydrogens is 346 g/mol. The molecular formula is C21H25NO5. The third kappa shape index (κ3) is 6.02. The number of rotatable bonds is 8. The van der Waals surface area contributed by atoms with Crippen LogP contribution in [0.5, 0.6) is 11.5 Å². The van der Waals surface area contributed by atoms with Gasteiger partial charge in [0.15, 0.2) is 17.6 Å². The number of methoxy groups -OCH3 is 1. The molecule has 0 fully saturated rings. The highest BCUT2D eigenvalue weighted by atomic mass is 16.5. The van der Waals surface area contributed by atoms with E-state index < -0.39 is 18.0 Å². The molecule has 0 aromatic heterocycles. The SMILES string of the molecule is COc1cc(C(=O)O[C@H](C)C(=O)Nc2ccccc2)ccc1OCC(C)C. The third-order valence-electron chi connectivity index (χ3n) is 3.67. The van der Waals surface area contributed by atoms with Crippen molar-refractivity contribution in [2.24, 2.45) is 5.92 Å². The van der Waals surface area contributed by atoms with E-state index in [0.717, 1.165) is 0 Å². The van der Waals surface area contributed by atoms with Crippen molar-refractivity contribution in [1.82, 2.24) is 0 Å². The van der Waals surface area contributed by atoms with Gasteiger partial charge in [-0.05, 0) is 43.2 Å². The van der Waals surface area contributed by atoms with E-state index in [2.05, 4.69) is 5.32 Å². The second kappa shape index (κ2) is 9.62. The summed E-state index contributed by atoms with van der Waals surface area (Å²) in [6.45, 7) is 6.14. The quantitative estimate of drug-likeness (QED) is 0.712. The Balaban J connectivity index is 2.00. The summed E-state index contributed by atoms with van der Waals surface area (Å²) in [5, 5.41) is 2.70. The standard InChI is InChI=1S/C21H25NO5/c1-14(2)13-26-18-11-10-16(12-19(18)25-4)21(24)27-15(3)20(23)22-17-8-6-5-7-9-17/h5-12,14-15H,13H2,1-4H3,(H,22,23)/t15-/m1/s1. The molecule has 0 aliphatic rings. The van der Waals surface area contributed by atoms with Crippen molar-refractivity contribution in [1.29, 1.82) is 0 Å². The van der Waals surface area contributed by atoms with Crippen LogP contribution in [0.25, 0.3) is 0 Å².